The zero-order valence-corrected chi connectivity index (χ0v) is 20.0. The molecule has 4 aromatic rings. The van der Waals surface area contributed by atoms with Crippen LogP contribution in [0.15, 0.2) is 102 Å². The minimum atomic E-state index is -0.426. The molecule has 2 N–H and O–H groups in total. The molecule has 0 bridgehead atoms. The van der Waals surface area contributed by atoms with Crippen molar-refractivity contribution < 1.29 is 9.59 Å². The van der Waals surface area contributed by atoms with Crippen LogP contribution in [0.3, 0.4) is 0 Å². The number of nitrogens with one attached hydrogen (secondary N) is 2. The molecule has 0 aliphatic carbocycles. The van der Waals surface area contributed by atoms with Gasteiger partial charge in [-0.15, -0.1) is 11.8 Å². The summed E-state index contributed by atoms with van der Waals surface area (Å²) in [6.07, 6.45) is 2.40. The van der Waals surface area contributed by atoms with Gasteiger partial charge in [0.15, 0.2) is 0 Å². The Kier molecular flexibility index (Phi) is 7.99. The third kappa shape index (κ3) is 6.06. The van der Waals surface area contributed by atoms with Crippen molar-refractivity contribution in [1.82, 2.24) is 0 Å². The van der Waals surface area contributed by atoms with E-state index in [-0.39, 0.29) is 11.8 Å². The number of amides is 2. The van der Waals surface area contributed by atoms with E-state index in [1.54, 1.807) is 0 Å². The van der Waals surface area contributed by atoms with Crippen LogP contribution in [-0.2, 0) is 9.59 Å². The number of rotatable bonds is 9. The third-order valence-electron chi connectivity index (χ3n) is 5.54. The van der Waals surface area contributed by atoms with E-state index in [2.05, 4.69) is 17.6 Å². The van der Waals surface area contributed by atoms with Crippen LogP contribution in [0.2, 0.25) is 0 Å². The Hall–Kier alpha value is -3.57. The Balaban J connectivity index is 1.53. The lowest BCUT2D eigenvalue weighted by Crippen LogP contribution is -2.19. The maximum atomic E-state index is 13.5. The predicted octanol–water partition coefficient (Wildman–Crippen LogP) is 7.44. The minimum Gasteiger partial charge on any atom is -0.326 e. The molecule has 4 rings (SSSR count). The summed E-state index contributed by atoms with van der Waals surface area (Å²) in [6.45, 7) is 2.07. The van der Waals surface area contributed by atoms with Crippen LogP contribution in [-0.4, -0.2) is 11.8 Å². The molecule has 4 nitrogen and oxygen atoms in total. The van der Waals surface area contributed by atoms with Crippen LogP contribution in [0.4, 0.5) is 11.4 Å². The Morgan fingerprint density at radius 1 is 0.794 bits per heavy atom. The SMILES string of the molecule is CCCCC(=O)Nc1ccc(SC(C(=O)Nc2cccc3ccccc23)c2ccccc2)cc1. The van der Waals surface area contributed by atoms with Gasteiger partial charge in [-0.2, -0.15) is 0 Å². The quantitative estimate of drug-likeness (QED) is 0.251. The normalized spacial score (nSPS) is 11.7. The number of carbonyl (C=O) groups excluding carboxylic acids is 2. The summed E-state index contributed by atoms with van der Waals surface area (Å²) in [5.41, 5.74) is 2.50. The average molecular weight is 469 g/mol. The molecule has 34 heavy (non-hydrogen) atoms. The Morgan fingerprint density at radius 2 is 1.50 bits per heavy atom. The highest BCUT2D eigenvalue weighted by Crippen LogP contribution is 2.37. The maximum absolute atomic E-state index is 13.5. The number of fused-ring (bicyclic) bond motifs is 1. The highest BCUT2D eigenvalue weighted by molar-refractivity contribution is 8.00. The molecule has 0 radical (unpaired) electrons. The van der Waals surface area contributed by atoms with Gasteiger partial charge in [-0.25, -0.2) is 0 Å². The Labute approximate surface area is 204 Å². The van der Waals surface area contributed by atoms with Gasteiger partial charge >= 0.3 is 0 Å². The summed E-state index contributed by atoms with van der Waals surface area (Å²) in [4.78, 5) is 26.4. The van der Waals surface area contributed by atoms with Crippen LogP contribution in [0, 0.1) is 0 Å². The van der Waals surface area contributed by atoms with Gasteiger partial charge in [0.25, 0.3) is 0 Å². The molecule has 2 amide bonds. The van der Waals surface area contributed by atoms with Crippen molar-refractivity contribution >= 4 is 45.7 Å². The number of carbonyl (C=O) groups is 2. The van der Waals surface area contributed by atoms with Crippen molar-refractivity contribution in [2.45, 2.75) is 36.3 Å². The smallest absolute Gasteiger partial charge is 0.242 e. The van der Waals surface area contributed by atoms with E-state index < -0.39 is 5.25 Å². The molecule has 0 heterocycles. The number of thioether (sulfide) groups is 1. The van der Waals surface area contributed by atoms with E-state index in [9.17, 15) is 9.59 Å². The third-order valence-corrected chi connectivity index (χ3v) is 6.80. The molecule has 172 valence electrons. The van der Waals surface area contributed by atoms with Gasteiger partial charge in [-0.05, 0) is 47.7 Å². The standard InChI is InChI=1S/C29H28N2O2S/c1-2-3-16-27(32)30-23-17-19-24(20-18-23)34-28(22-11-5-4-6-12-22)29(33)31-26-15-9-13-21-10-7-8-14-25(21)26/h4-15,17-20,28H,2-3,16H2,1H3,(H,30,32)(H,31,33). The first-order chi connectivity index (χ1) is 16.6. The summed E-state index contributed by atoms with van der Waals surface area (Å²) >= 11 is 1.49. The number of hydrogen-bond acceptors (Lipinski definition) is 3. The van der Waals surface area contributed by atoms with Gasteiger partial charge < -0.3 is 10.6 Å². The highest BCUT2D eigenvalue weighted by atomic mass is 32.2. The van der Waals surface area contributed by atoms with Gasteiger partial charge in [0.2, 0.25) is 11.8 Å². The monoisotopic (exact) mass is 468 g/mol. The number of anilines is 2. The molecule has 0 saturated carbocycles. The van der Waals surface area contributed by atoms with Crippen LogP contribution >= 0.6 is 11.8 Å². The Morgan fingerprint density at radius 3 is 2.26 bits per heavy atom. The van der Waals surface area contributed by atoms with E-state index in [1.807, 2.05) is 97.1 Å². The molecular weight excluding hydrogens is 440 g/mol. The van der Waals surface area contributed by atoms with Crippen molar-refractivity contribution in [3.8, 4) is 0 Å². The molecule has 0 aliphatic heterocycles. The van der Waals surface area contributed by atoms with Gasteiger partial charge in [0.05, 0.1) is 0 Å². The van der Waals surface area contributed by atoms with Crippen molar-refractivity contribution in [2.24, 2.45) is 0 Å². The second-order valence-corrected chi connectivity index (χ2v) is 9.28. The highest BCUT2D eigenvalue weighted by Gasteiger charge is 2.22. The minimum absolute atomic E-state index is 0.0267. The fourth-order valence-corrected chi connectivity index (χ4v) is 4.77. The fourth-order valence-electron chi connectivity index (χ4n) is 3.75. The number of unbranched alkanes of at least 4 members (excludes halogenated alkanes) is 1. The van der Waals surface area contributed by atoms with Gasteiger partial charge in [-0.3, -0.25) is 9.59 Å². The van der Waals surface area contributed by atoms with E-state index in [0.29, 0.717) is 6.42 Å². The van der Waals surface area contributed by atoms with Gasteiger partial charge in [-0.1, -0.05) is 80.1 Å². The molecule has 4 aromatic carbocycles. The summed E-state index contributed by atoms with van der Waals surface area (Å²) in [5, 5.41) is 7.75. The van der Waals surface area contributed by atoms with Crippen molar-refractivity contribution in [2.75, 3.05) is 10.6 Å². The summed E-state index contributed by atoms with van der Waals surface area (Å²) < 4.78 is 0. The molecule has 1 unspecified atom stereocenters. The lowest BCUT2D eigenvalue weighted by molar-refractivity contribution is -0.116. The van der Waals surface area contributed by atoms with Gasteiger partial charge in [0, 0.05) is 28.1 Å². The maximum Gasteiger partial charge on any atom is 0.242 e. The number of benzene rings is 4. The lowest BCUT2D eigenvalue weighted by Gasteiger charge is -2.18. The summed E-state index contributed by atoms with van der Waals surface area (Å²) in [6, 6.07) is 31.4. The Bertz CT molecular complexity index is 1250. The lowest BCUT2D eigenvalue weighted by atomic mass is 10.1. The molecule has 0 spiro atoms. The molecule has 1 atom stereocenters. The summed E-state index contributed by atoms with van der Waals surface area (Å²) in [7, 11) is 0. The zero-order chi connectivity index (χ0) is 23.8. The molecule has 0 aromatic heterocycles. The molecule has 5 heteroatoms. The van der Waals surface area contributed by atoms with Crippen LogP contribution in [0.5, 0.6) is 0 Å². The molecule has 0 aliphatic rings. The predicted molar refractivity (Wildman–Crippen MR) is 142 cm³/mol. The van der Waals surface area contributed by atoms with E-state index >= 15 is 0 Å². The molecule has 0 saturated heterocycles. The second kappa shape index (κ2) is 11.5. The molecular formula is C29H28N2O2S. The van der Waals surface area contributed by atoms with Gasteiger partial charge in [0.1, 0.15) is 5.25 Å². The fraction of sp³-hybridized carbons (Fsp3) is 0.172. The van der Waals surface area contributed by atoms with Crippen molar-refractivity contribution in [3.63, 3.8) is 0 Å². The van der Waals surface area contributed by atoms with Crippen molar-refractivity contribution in [1.29, 1.82) is 0 Å². The van der Waals surface area contributed by atoms with E-state index in [0.717, 1.165) is 45.4 Å². The zero-order valence-electron chi connectivity index (χ0n) is 19.2. The summed E-state index contributed by atoms with van der Waals surface area (Å²) in [5.74, 6) is -0.0524. The van der Waals surface area contributed by atoms with Crippen LogP contribution in [0.25, 0.3) is 10.8 Å². The second-order valence-electron chi connectivity index (χ2n) is 8.10. The largest absolute Gasteiger partial charge is 0.326 e. The number of hydrogen-bond donors (Lipinski definition) is 2. The molecule has 0 fully saturated rings. The first-order valence-electron chi connectivity index (χ1n) is 11.5. The van der Waals surface area contributed by atoms with Crippen LogP contribution < -0.4 is 10.6 Å². The first kappa shape index (κ1) is 23.6. The average Bonchev–Trinajstić information content (AvgIpc) is 2.87. The van der Waals surface area contributed by atoms with E-state index in [4.69, 9.17) is 0 Å². The topological polar surface area (TPSA) is 58.2 Å². The first-order valence-corrected chi connectivity index (χ1v) is 12.4. The van der Waals surface area contributed by atoms with Crippen LogP contribution in [0.1, 0.15) is 37.0 Å². The van der Waals surface area contributed by atoms with E-state index in [1.165, 1.54) is 11.8 Å². The van der Waals surface area contributed by atoms with Crippen molar-refractivity contribution in [3.05, 3.63) is 103 Å².